The maximum Gasteiger partial charge on any atom is 0.137 e. The Morgan fingerprint density at radius 1 is 0.893 bits per heavy atom. The monoisotopic (exact) mass is 386 g/mol. The van der Waals surface area contributed by atoms with Gasteiger partial charge in [0.15, 0.2) is 0 Å². The number of carbonyl (C=O) groups excluding carboxylic acids is 1. The van der Waals surface area contributed by atoms with E-state index in [1.54, 1.807) is 0 Å². The fourth-order valence-electron chi connectivity index (χ4n) is 9.11. The standard InChI is InChI=1S/C27H46O/c1-18(2)9-8-10-19(3)25-24(28)17-23-21-13-12-20-11-6-7-15-26(20,4)22(21)14-16-27(23,25)5/h18-23,25H,6-17H2,1-5H3. The van der Waals surface area contributed by atoms with Crippen LogP contribution in [0.1, 0.15) is 112 Å². The molecule has 0 aliphatic heterocycles. The first-order valence-electron chi connectivity index (χ1n) is 12.8. The molecule has 8 atom stereocenters. The van der Waals surface area contributed by atoms with Crippen LogP contribution in [0.15, 0.2) is 0 Å². The minimum atomic E-state index is 0.299. The molecule has 0 spiro atoms. The molecular weight excluding hydrogens is 340 g/mol. The number of hydrogen-bond donors (Lipinski definition) is 0. The largest absolute Gasteiger partial charge is 0.299 e. The van der Waals surface area contributed by atoms with Crippen LogP contribution in [0.5, 0.6) is 0 Å². The molecule has 4 rings (SSSR count). The molecule has 8 unspecified atom stereocenters. The zero-order valence-electron chi connectivity index (χ0n) is 19.4. The van der Waals surface area contributed by atoms with Crippen molar-refractivity contribution < 1.29 is 4.79 Å². The quantitative estimate of drug-likeness (QED) is 0.473. The lowest BCUT2D eigenvalue weighted by molar-refractivity contribution is -0.126. The van der Waals surface area contributed by atoms with Crippen LogP contribution in [-0.4, -0.2) is 5.78 Å². The summed E-state index contributed by atoms with van der Waals surface area (Å²) >= 11 is 0. The SMILES string of the molecule is CC(C)CCCC(C)C1C(=O)CC2C3CCC4CCCCC4(C)C3CCC21C. The summed E-state index contributed by atoms with van der Waals surface area (Å²) in [6.07, 6.45) is 16.3. The Hall–Kier alpha value is -0.330. The summed E-state index contributed by atoms with van der Waals surface area (Å²) in [4.78, 5) is 13.3. The molecule has 0 aromatic heterocycles. The molecule has 0 aromatic rings. The normalized spacial score (nSPS) is 46.8. The van der Waals surface area contributed by atoms with E-state index in [9.17, 15) is 4.79 Å². The van der Waals surface area contributed by atoms with Crippen LogP contribution < -0.4 is 0 Å². The van der Waals surface area contributed by atoms with Gasteiger partial charge in [0.05, 0.1) is 0 Å². The summed E-state index contributed by atoms with van der Waals surface area (Å²) in [6.45, 7) is 12.2. The Morgan fingerprint density at radius 2 is 1.68 bits per heavy atom. The molecule has 1 heteroatoms. The molecule has 0 radical (unpaired) electrons. The van der Waals surface area contributed by atoms with Crippen molar-refractivity contribution >= 4 is 5.78 Å². The number of ketones is 1. The number of rotatable bonds is 5. The van der Waals surface area contributed by atoms with Gasteiger partial charge in [0.1, 0.15) is 5.78 Å². The van der Waals surface area contributed by atoms with Gasteiger partial charge in [-0.25, -0.2) is 0 Å². The second-order valence-electron chi connectivity index (χ2n) is 12.4. The van der Waals surface area contributed by atoms with Crippen molar-refractivity contribution in [3.63, 3.8) is 0 Å². The number of fused-ring (bicyclic) bond motifs is 5. The summed E-state index contributed by atoms with van der Waals surface area (Å²) in [5.74, 6) is 5.78. The molecule has 4 aliphatic carbocycles. The van der Waals surface area contributed by atoms with Crippen LogP contribution in [0, 0.1) is 52.3 Å². The van der Waals surface area contributed by atoms with Crippen molar-refractivity contribution in [2.24, 2.45) is 52.3 Å². The van der Waals surface area contributed by atoms with E-state index in [1.165, 1.54) is 70.6 Å². The third-order valence-corrected chi connectivity index (χ3v) is 10.5. The fraction of sp³-hybridized carbons (Fsp3) is 0.963. The smallest absolute Gasteiger partial charge is 0.137 e. The van der Waals surface area contributed by atoms with Gasteiger partial charge in [-0.2, -0.15) is 0 Å². The van der Waals surface area contributed by atoms with Crippen LogP contribution >= 0.6 is 0 Å². The van der Waals surface area contributed by atoms with E-state index in [-0.39, 0.29) is 0 Å². The highest BCUT2D eigenvalue weighted by atomic mass is 16.1. The van der Waals surface area contributed by atoms with Gasteiger partial charge in [-0.3, -0.25) is 4.79 Å². The van der Waals surface area contributed by atoms with Gasteiger partial charge in [-0.05, 0) is 91.3 Å². The summed E-state index contributed by atoms with van der Waals surface area (Å²) < 4.78 is 0. The molecule has 0 saturated heterocycles. The first kappa shape index (κ1) is 20.9. The van der Waals surface area contributed by atoms with E-state index >= 15 is 0 Å². The lowest BCUT2D eigenvalue weighted by Crippen LogP contribution is -2.53. The summed E-state index contributed by atoms with van der Waals surface area (Å²) in [5.41, 5.74) is 0.889. The molecule has 4 aliphatic rings. The molecule has 0 aromatic carbocycles. The van der Waals surface area contributed by atoms with Crippen LogP contribution in [0.4, 0.5) is 0 Å². The molecular formula is C27H46O. The predicted octanol–water partition coefficient (Wildman–Crippen LogP) is 7.68. The lowest BCUT2D eigenvalue weighted by atomic mass is 9.44. The molecule has 0 heterocycles. The van der Waals surface area contributed by atoms with Gasteiger partial charge in [-0.15, -0.1) is 0 Å². The van der Waals surface area contributed by atoms with Crippen LogP contribution in [-0.2, 0) is 4.79 Å². The highest BCUT2D eigenvalue weighted by Crippen LogP contribution is 2.67. The van der Waals surface area contributed by atoms with E-state index in [0.29, 0.717) is 34.4 Å². The molecule has 1 nitrogen and oxygen atoms in total. The van der Waals surface area contributed by atoms with E-state index in [1.807, 2.05) is 0 Å². The molecule has 0 amide bonds. The second kappa shape index (κ2) is 7.73. The van der Waals surface area contributed by atoms with Gasteiger partial charge in [-0.1, -0.05) is 60.3 Å². The molecule has 0 bridgehead atoms. The number of hydrogen-bond acceptors (Lipinski definition) is 1. The third-order valence-electron chi connectivity index (χ3n) is 10.5. The van der Waals surface area contributed by atoms with Crippen molar-refractivity contribution in [3.05, 3.63) is 0 Å². The van der Waals surface area contributed by atoms with Crippen molar-refractivity contribution in [2.75, 3.05) is 0 Å². The average molecular weight is 387 g/mol. The molecule has 4 fully saturated rings. The minimum Gasteiger partial charge on any atom is -0.299 e. The highest BCUT2D eigenvalue weighted by molar-refractivity contribution is 5.85. The van der Waals surface area contributed by atoms with Gasteiger partial charge in [0.25, 0.3) is 0 Å². The summed E-state index contributed by atoms with van der Waals surface area (Å²) in [6, 6.07) is 0. The Labute approximate surface area is 174 Å². The lowest BCUT2D eigenvalue weighted by Gasteiger charge is -2.60. The van der Waals surface area contributed by atoms with Crippen molar-refractivity contribution in [2.45, 2.75) is 112 Å². The minimum absolute atomic E-state index is 0.299. The molecule has 0 N–H and O–H groups in total. The Bertz CT molecular complexity index is 579. The topological polar surface area (TPSA) is 17.1 Å². The maximum absolute atomic E-state index is 13.3. The number of carbonyl (C=O) groups is 1. The van der Waals surface area contributed by atoms with E-state index < -0.39 is 0 Å². The van der Waals surface area contributed by atoms with E-state index in [2.05, 4.69) is 34.6 Å². The Morgan fingerprint density at radius 3 is 2.43 bits per heavy atom. The van der Waals surface area contributed by atoms with Crippen LogP contribution in [0.2, 0.25) is 0 Å². The maximum atomic E-state index is 13.3. The van der Waals surface area contributed by atoms with Crippen LogP contribution in [0.3, 0.4) is 0 Å². The van der Waals surface area contributed by atoms with E-state index in [0.717, 1.165) is 30.1 Å². The Kier molecular flexibility index (Phi) is 5.78. The van der Waals surface area contributed by atoms with E-state index in [4.69, 9.17) is 0 Å². The Balaban J connectivity index is 1.51. The van der Waals surface area contributed by atoms with Crippen molar-refractivity contribution in [3.8, 4) is 0 Å². The second-order valence-corrected chi connectivity index (χ2v) is 12.4. The van der Waals surface area contributed by atoms with Gasteiger partial charge < -0.3 is 0 Å². The molecule has 4 saturated carbocycles. The predicted molar refractivity (Wildman–Crippen MR) is 118 cm³/mol. The third kappa shape index (κ3) is 3.31. The highest BCUT2D eigenvalue weighted by Gasteiger charge is 2.62. The van der Waals surface area contributed by atoms with Crippen LogP contribution in [0.25, 0.3) is 0 Å². The van der Waals surface area contributed by atoms with Gasteiger partial charge in [0.2, 0.25) is 0 Å². The van der Waals surface area contributed by atoms with Crippen molar-refractivity contribution in [1.82, 2.24) is 0 Å². The van der Waals surface area contributed by atoms with Gasteiger partial charge >= 0.3 is 0 Å². The average Bonchev–Trinajstić information content (AvgIpc) is 2.91. The molecule has 160 valence electrons. The summed E-state index contributed by atoms with van der Waals surface area (Å²) in [7, 11) is 0. The fourth-order valence-corrected chi connectivity index (χ4v) is 9.11. The first-order chi connectivity index (χ1) is 13.3. The summed E-state index contributed by atoms with van der Waals surface area (Å²) in [5, 5.41) is 0. The molecule has 28 heavy (non-hydrogen) atoms. The zero-order valence-corrected chi connectivity index (χ0v) is 19.4. The zero-order chi connectivity index (χ0) is 20.1. The van der Waals surface area contributed by atoms with Crippen molar-refractivity contribution in [1.29, 1.82) is 0 Å². The first-order valence-corrected chi connectivity index (χ1v) is 12.8. The van der Waals surface area contributed by atoms with Gasteiger partial charge in [0, 0.05) is 12.3 Å². The number of Topliss-reactive ketones (excluding diaryl/α,β-unsaturated/α-hetero) is 1.